The van der Waals surface area contributed by atoms with E-state index >= 15 is 0 Å². The van der Waals surface area contributed by atoms with E-state index in [-0.39, 0.29) is 5.54 Å². The van der Waals surface area contributed by atoms with Crippen molar-refractivity contribution < 1.29 is 0 Å². The van der Waals surface area contributed by atoms with E-state index in [0.29, 0.717) is 6.04 Å². The van der Waals surface area contributed by atoms with Crippen LogP contribution < -0.4 is 11.1 Å². The number of likely N-dealkylation sites (N-methyl/N-ethyl adjacent to an activating group) is 1. The van der Waals surface area contributed by atoms with Crippen LogP contribution in [0.5, 0.6) is 0 Å². The Labute approximate surface area is 130 Å². The molecule has 4 heteroatoms. The number of nitrogens with two attached hydrogens (primary N) is 1. The van der Waals surface area contributed by atoms with E-state index < -0.39 is 0 Å². The summed E-state index contributed by atoms with van der Waals surface area (Å²) in [5.41, 5.74) is 8.23. The Morgan fingerprint density at radius 3 is 2.43 bits per heavy atom. The van der Waals surface area contributed by atoms with Crippen LogP contribution in [-0.2, 0) is 6.42 Å². The minimum Gasteiger partial charge on any atom is -0.398 e. The first-order valence-corrected chi connectivity index (χ1v) is 8.10. The molecule has 21 heavy (non-hydrogen) atoms. The lowest BCUT2D eigenvalue weighted by Crippen LogP contribution is -2.59. The summed E-state index contributed by atoms with van der Waals surface area (Å²) in [5, 5.41) is 3.74. The van der Waals surface area contributed by atoms with Gasteiger partial charge in [0, 0.05) is 29.7 Å². The lowest BCUT2D eigenvalue weighted by atomic mass is 9.80. The molecule has 1 atom stereocenters. The Morgan fingerprint density at radius 2 is 1.95 bits per heavy atom. The molecule has 0 aliphatic rings. The number of aromatic nitrogens is 1. The van der Waals surface area contributed by atoms with Gasteiger partial charge in [0.2, 0.25) is 0 Å². The third-order valence-electron chi connectivity index (χ3n) is 4.77. The Bertz CT molecular complexity index is 413. The van der Waals surface area contributed by atoms with E-state index in [1.54, 1.807) is 6.20 Å². The Morgan fingerprint density at radius 1 is 1.29 bits per heavy atom. The molecule has 0 bridgehead atoms. The monoisotopic (exact) mass is 292 g/mol. The molecule has 3 N–H and O–H groups in total. The van der Waals surface area contributed by atoms with Gasteiger partial charge in [-0.1, -0.05) is 20.8 Å². The van der Waals surface area contributed by atoms with Crippen LogP contribution >= 0.6 is 0 Å². The zero-order valence-electron chi connectivity index (χ0n) is 14.3. The van der Waals surface area contributed by atoms with Gasteiger partial charge in [-0.05, 0) is 58.0 Å². The summed E-state index contributed by atoms with van der Waals surface area (Å²) in [7, 11) is 4.36. The summed E-state index contributed by atoms with van der Waals surface area (Å²) < 4.78 is 0. The second-order valence-corrected chi connectivity index (χ2v) is 5.99. The fraction of sp³-hybridized carbons (Fsp3) is 0.706. The van der Waals surface area contributed by atoms with E-state index in [9.17, 15) is 0 Å². The summed E-state index contributed by atoms with van der Waals surface area (Å²) in [5.74, 6) is 0. The molecule has 0 saturated heterocycles. The Hall–Kier alpha value is -1.13. The first kappa shape index (κ1) is 17.9. The molecule has 0 aromatic carbocycles. The van der Waals surface area contributed by atoms with Crippen molar-refractivity contribution in [2.75, 3.05) is 26.4 Å². The second kappa shape index (κ2) is 8.35. The molecule has 0 spiro atoms. The number of nitrogens with zero attached hydrogens (tertiary/aromatic N) is 2. The van der Waals surface area contributed by atoms with E-state index in [1.807, 2.05) is 12.3 Å². The van der Waals surface area contributed by atoms with Crippen molar-refractivity contribution in [3.05, 3.63) is 24.0 Å². The van der Waals surface area contributed by atoms with Crippen LogP contribution in [-0.4, -0.2) is 42.1 Å². The zero-order chi connectivity index (χ0) is 15.9. The molecule has 1 unspecified atom stereocenters. The molecule has 1 aromatic heterocycles. The van der Waals surface area contributed by atoms with Gasteiger partial charge >= 0.3 is 0 Å². The number of anilines is 1. The number of hydrogen-bond donors (Lipinski definition) is 2. The lowest BCUT2D eigenvalue weighted by molar-refractivity contribution is 0.0882. The average Bonchev–Trinajstić information content (AvgIpc) is 2.48. The quantitative estimate of drug-likeness (QED) is 0.735. The summed E-state index contributed by atoms with van der Waals surface area (Å²) >= 11 is 0. The predicted octanol–water partition coefficient (Wildman–Crippen LogP) is 2.69. The van der Waals surface area contributed by atoms with Gasteiger partial charge in [0.1, 0.15) is 0 Å². The predicted molar refractivity (Wildman–Crippen MR) is 91.4 cm³/mol. The number of pyridine rings is 1. The molecule has 4 nitrogen and oxygen atoms in total. The normalized spacial score (nSPS) is 13.6. The van der Waals surface area contributed by atoms with Gasteiger partial charge in [-0.3, -0.25) is 4.98 Å². The number of rotatable bonds is 9. The highest BCUT2D eigenvalue weighted by Gasteiger charge is 2.37. The molecular weight excluding hydrogens is 260 g/mol. The number of hydrogen-bond acceptors (Lipinski definition) is 4. The van der Waals surface area contributed by atoms with Gasteiger partial charge in [-0.15, -0.1) is 0 Å². The van der Waals surface area contributed by atoms with Crippen LogP contribution in [0.2, 0.25) is 0 Å². The first-order chi connectivity index (χ1) is 10.0. The van der Waals surface area contributed by atoms with Crippen molar-refractivity contribution in [2.24, 2.45) is 0 Å². The van der Waals surface area contributed by atoms with E-state index in [2.05, 4.69) is 50.1 Å². The molecule has 0 radical (unpaired) electrons. The van der Waals surface area contributed by atoms with Crippen LogP contribution in [0, 0.1) is 0 Å². The van der Waals surface area contributed by atoms with Gasteiger partial charge in [-0.25, -0.2) is 0 Å². The van der Waals surface area contributed by atoms with Gasteiger partial charge in [-0.2, -0.15) is 0 Å². The van der Waals surface area contributed by atoms with E-state index in [4.69, 9.17) is 5.73 Å². The lowest BCUT2D eigenvalue weighted by Gasteiger charge is -2.46. The maximum absolute atomic E-state index is 6.12. The molecule has 120 valence electrons. The van der Waals surface area contributed by atoms with Gasteiger partial charge < -0.3 is 16.0 Å². The minimum atomic E-state index is 0.136. The van der Waals surface area contributed by atoms with Crippen molar-refractivity contribution in [1.82, 2.24) is 15.2 Å². The van der Waals surface area contributed by atoms with Gasteiger partial charge in [0.25, 0.3) is 0 Å². The maximum Gasteiger partial charge on any atom is 0.0378 e. The van der Waals surface area contributed by atoms with E-state index in [0.717, 1.165) is 43.5 Å². The second-order valence-electron chi connectivity index (χ2n) is 5.99. The van der Waals surface area contributed by atoms with Crippen molar-refractivity contribution in [2.45, 2.75) is 58.0 Å². The smallest absolute Gasteiger partial charge is 0.0378 e. The highest BCUT2D eigenvalue weighted by Crippen LogP contribution is 2.29. The number of nitrogen functional groups attached to an aromatic ring is 1. The topological polar surface area (TPSA) is 54.2 Å². The van der Waals surface area contributed by atoms with Crippen molar-refractivity contribution in [3.63, 3.8) is 0 Å². The van der Waals surface area contributed by atoms with Crippen molar-refractivity contribution in [1.29, 1.82) is 0 Å². The summed E-state index contributed by atoms with van der Waals surface area (Å²) in [6.45, 7) is 7.78. The van der Waals surface area contributed by atoms with Crippen LogP contribution in [0.4, 0.5) is 5.69 Å². The van der Waals surface area contributed by atoms with E-state index in [1.165, 1.54) is 0 Å². The van der Waals surface area contributed by atoms with Gasteiger partial charge in [0.05, 0.1) is 0 Å². The Balaban J connectivity index is 3.06. The standard InChI is InChI=1S/C17H32N4/c1-6-10-20-16(17(7-2,8-3)21(4)5)12-14-13-19-11-9-15(14)18/h9,11,13,16,20H,6-8,10,12H2,1-5H3,(H2,18,19). The summed E-state index contributed by atoms with van der Waals surface area (Å²) in [6, 6.07) is 2.26. The summed E-state index contributed by atoms with van der Waals surface area (Å²) in [6.07, 6.45) is 7.93. The molecule has 0 aliphatic carbocycles. The highest BCUT2D eigenvalue weighted by molar-refractivity contribution is 5.45. The van der Waals surface area contributed by atoms with Crippen molar-refractivity contribution >= 4 is 5.69 Å². The molecule has 0 fully saturated rings. The Kier molecular flexibility index (Phi) is 7.12. The van der Waals surface area contributed by atoms with Crippen LogP contribution in [0.25, 0.3) is 0 Å². The molecule has 1 rings (SSSR count). The van der Waals surface area contributed by atoms with Crippen molar-refractivity contribution in [3.8, 4) is 0 Å². The largest absolute Gasteiger partial charge is 0.398 e. The highest BCUT2D eigenvalue weighted by atomic mass is 15.2. The zero-order valence-corrected chi connectivity index (χ0v) is 14.3. The molecule has 0 saturated carbocycles. The fourth-order valence-electron chi connectivity index (χ4n) is 3.29. The maximum atomic E-state index is 6.12. The molecule has 1 heterocycles. The molecular formula is C17H32N4. The minimum absolute atomic E-state index is 0.136. The summed E-state index contributed by atoms with van der Waals surface area (Å²) in [4.78, 5) is 6.60. The molecule has 0 amide bonds. The first-order valence-electron chi connectivity index (χ1n) is 8.10. The average molecular weight is 292 g/mol. The van der Waals surface area contributed by atoms with Crippen LogP contribution in [0.3, 0.4) is 0 Å². The third-order valence-corrected chi connectivity index (χ3v) is 4.77. The van der Waals surface area contributed by atoms with Gasteiger partial charge in [0.15, 0.2) is 0 Å². The molecule has 1 aromatic rings. The fourth-order valence-corrected chi connectivity index (χ4v) is 3.29. The third kappa shape index (κ3) is 4.17. The van der Waals surface area contributed by atoms with Crippen LogP contribution in [0.15, 0.2) is 18.5 Å². The number of nitrogens with one attached hydrogen (secondary N) is 1. The van der Waals surface area contributed by atoms with Crippen LogP contribution in [0.1, 0.15) is 45.6 Å². The molecule has 0 aliphatic heterocycles. The SMILES string of the molecule is CCCNC(Cc1cnccc1N)C(CC)(CC)N(C)C.